The van der Waals surface area contributed by atoms with E-state index in [0.29, 0.717) is 18.3 Å². The first-order valence-electron chi connectivity index (χ1n) is 7.32. The van der Waals surface area contributed by atoms with Crippen molar-refractivity contribution in [2.45, 2.75) is 6.54 Å². The van der Waals surface area contributed by atoms with E-state index in [2.05, 4.69) is 41.7 Å². The Hall–Kier alpha value is -2.67. The summed E-state index contributed by atoms with van der Waals surface area (Å²) in [6, 6.07) is 15.6. The predicted octanol–water partition coefficient (Wildman–Crippen LogP) is 4.00. The molecule has 0 atom stereocenters. The van der Waals surface area contributed by atoms with E-state index >= 15 is 0 Å². The molecule has 122 valence electrons. The minimum atomic E-state index is 0.438. The van der Waals surface area contributed by atoms with Crippen LogP contribution in [0.1, 0.15) is 5.56 Å². The number of nitrogens with one attached hydrogen (secondary N) is 2. The molecule has 2 aromatic carbocycles. The number of nitrogens with zero attached hydrogens (tertiary/aromatic N) is 3. The van der Waals surface area contributed by atoms with Crippen LogP contribution in [0.4, 0.5) is 17.5 Å². The van der Waals surface area contributed by atoms with Crippen molar-refractivity contribution in [3.05, 3.63) is 64.8 Å². The molecule has 0 radical (unpaired) electrons. The molecule has 0 aliphatic heterocycles. The molecule has 0 saturated heterocycles. The summed E-state index contributed by atoms with van der Waals surface area (Å²) < 4.78 is 6.13. The normalized spacial score (nSPS) is 10.2. The van der Waals surface area contributed by atoms with Crippen LogP contribution in [-0.4, -0.2) is 22.3 Å². The monoisotopic (exact) mass is 385 g/mol. The molecule has 0 saturated carbocycles. The topological polar surface area (TPSA) is 72.0 Å². The summed E-state index contributed by atoms with van der Waals surface area (Å²) in [5, 5.41) is 14.3. The summed E-state index contributed by atoms with van der Waals surface area (Å²) in [5.41, 5.74) is 2.01. The highest BCUT2D eigenvalue weighted by Crippen LogP contribution is 2.19. The van der Waals surface area contributed by atoms with E-state index in [1.807, 2.05) is 48.5 Å². The molecule has 1 aromatic heterocycles. The van der Waals surface area contributed by atoms with Gasteiger partial charge in [-0.3, -0.25) is 0 Å². The van der Waals surface area contributed by atoms with Gasteiger partial charge in [0.25, 0.3) is 0 Å². The first kappa shape index (κ1) is 16.2. The molecule has 0 bridgehead atoms. The maximum atomic E-state index is 5.15. The standard InChI is InChI=1S/C17H16BrN5O/c1-24-15-7-5-12(6-8-15)10-19-16-11-20-23-17(22-16)21-14-4-2-3-13(18)9-14/h2-9,11H,10H2,1H3,(H2,19,21,22,23). The first-order chi connectivity index (χ1) is 11.7. The highest BCUT2D eigenvalue weighted by atomic mass is 79.9. The van der Waals surface area contributed by atoms with Crippen molar-refractivity contribution in [1.82, 2.24) is 15.2 Å². The molecule has 0 aliphatic rings. The molecule has 3 aromatic rings. The fourth-order valence-corrected chi connectivity index (χ4v) is 2.47. The van der Waals surface area contributed by atoms with E-state index < -0.39 is 0 Å². The third kappa shape index (κ3) is 4.42. The molecule has 7 heteroatoms. The van der Waals surface area contributed by atoms with Crippen molar-refractivity contribution in [3.8, 4) is 5.75 Å². The zero-order valence-corrected chi connectivity index (χ0v) is 14.6. The highest BCUT2D eigenvalue weighted by molar-refractivity contribution is 9.10. The van der Waals surface area contributed by atoms with Crippen LogP contribution in [0.3, 0.4) is 0 Å². The van der Waals surface area contributed by atoms with Gasteiger partial charge in [-0.15, -0.1) is 5.10 Å². The number of hydrogen-bond acceptors (Lipinski definition) is 6. The van der Waals surface area contributed by atoms with Gasteiger partial charge in [0.05, 0.1) is 13.3 Å². The smallest absolute Gasteiger partial charge is 0.249 e. The van der Waals surface area contributed by atoms with Gasteiger partial charge in [0.15, 0.2) is 5.82 Å². The number of aromatic nitrogens is 3. The number of rotatable bonds is 6. The number of hydrogen-bond donors (Lipinski definition) is 2. The second-order valence-electron chi connectivity index (χ2n) is 5.00. The second-order valence-corrected chi connectivity index (χ2v) is 5.92. The van der Waals surface area contributed by atoms with Gasteiger partial charge in [0, 0.05) is 16.7 Å². The molecule has 3 rings (SSSR count). The number of benzene rings is 2. The molecule has 0 amide bonds. The number of ether oxygens (including phenoxy) is 1. The number of halogens is 1. The van der Waals surface area contributed by atoms with Crippen LogP contribution in [-0.2, 0) is 6.54 Å². The van der Waals surface area contributed by atoms with Gasteiger partial charge in [-0.2, -0.15) is 10.1 Å². The lowest BCUT2D eigenvalue weighted by Gasteiger charge is -2.08. The van der Waals surface area contributed by atoms with Crippen molar-refractivity contribution in [3.63, 3.8) is 0 Å². The van der Waals surface area contributed by atoms with Crippen LogP contribution < -0.4 is 15.4 Å². The lowest BCUT2D eigenvalue weighted by atomic mass is 10.2. The van der Waals surface area contributed by atoms with Crippen molar-refractivity contribution >= 4 is 33.4 Å². The minimum absolute atomic E-state index is 0.438. The molecular weight excluding hydrogens is 370 g/mol. The SMILES string of the molecule is COc1ccc(CNc2cnnc(Nc3cccc(Br)c3)n2)cc1. The van der Waals surface area contributed by atoms with Gasteiger partial charge in [-0.25, -0.2) is 0 Å². The zero-order valence-electron chi connectivity index (χ0n) is 13.0. The first-order valence-corrected chi connectivity index (χ1v) is 8.11. The summed E-state index contributed by atoms with van der Waals surface area (Å²) >= 11 is 3.43. The van der Waals surface area contributed by atoms with Gasteiger partial charge in [-0.1, -0.05) is 34.1 Å². The summed E-state index contributed by atoms with van der Waals surface area (Å²) in [6.07, 6.45) is 1.59. The maximum absolute atomic E-state index is 5.15. The summed E-state index contributed by atoms with van der Waals surface area (Å²) in [4.78, 5) is 4.41. The highest BCUT2D eigenvalue weighted by Gasteiger charge is 2.02. The Morgan fingerprint density at radius 3 is 2.71 bits per heavy atom. The van der Waals surface area contributed by atoms with Crippen LogP contribution in [0.5, 0.6) is 5.75 Å². The van der Waals surface area contributed by atoms with Crippen LogP contribution >= 0.6 is 15.9 Å². The lowest BCUT2D eigenvalue weighted by Crippen LogP contribution is -2.05. The maximum Gasteiger partial charge on any atom is 0.249 e. The second kappa shape index (κ2) is 7.74. The van der Waals surface area contributed by atoms with Crippen molar-refractivity contribution < 1.29 is 4.74 Å². The Labute approximate surface area is 148 Å². The molecule has 1 heterocycles. The van der Waals surface area contributed by atoms with Crippen molar-refractivity contribution in [2.75, 3.05) is 17.7 Å². The van der Waals surface area contributed by atoms with E-state index in [1.54, 1.807) is 13.3 Å². The Morgan fingerprint density at radius 1 is 1.12 bits per heavy atom. The fraction of sp³-hybridized carbons (Fsp3) is 0.118. The van der Waals surface area contributed by atoms with Crippen molar-refractivity contribution in [1.29, 1.82) is 0 Å². The van der Waals surface area contributed by atoms with Crippen molar-refractivity contribution in [2.24, 2.45) is 0 Å². The van der Waals surface area contributed by atoms with Crippen LogP contribution in [0.15, 0.2) is 59.2 Å². The average Bonchev–Trinajstić information content (AvgIpc) is 2.61. The van der Waals surface area contributed by atoms with Gasteiger partial charge in [-0.05, 0) is 35.9 Å². The Balaban J connectivity index is 1.64. The minimum Gasteiger partial charge on any atom is -0.497 e. The molecule has 6 nitrogen and oxygen atoms in total. The van der Waals surface area contributed by atoms with Crippen LogP contribution in [0.2, 0.25) is 0 Å². The molecule has 0 aliphatic carbocycles. The van der Waals surface area contributed by atoms with Gasteiger partial charge < -0.3 is 15.4 Å². The molecular formula is C17H16BrN5O. The van der Waals surface area contributed by atoms with Gasteiger partial charge in [0.2, 0.25) is 5.95 Å². The molecule has 0 spiro atoms. The third-order valence-electron chi connectivity index (χ3n) is 3.27. The number of methoxy groups -OCH3 is 1. The Bertz CT molecular complexity index is 810. The summed E-state index contributed by atoms with van der Waals surface area (Å²) in [6.45, 7) is 0.638. The molecule has 2 N–H and O–H groups in total. The lowest BCUT2D eigenvalue weighted by molar-refractivity contribution is 0.414. The molecule has 0 fully saturated rings. The largest absolute Gasteiger partial charge is 0.497 e. The Morgan fingerprint density at radius 2 is 1.96 bits per heavy atom. The Kier molecular flexibility index (Phi) is 5.22. The quantitative estimate of drug-likeness (QED) is 0.667. The van der Waals surface area contributed by atoms with Crippen LogP contribution in [0, 0.1) is 0 Å². The van der Waals surface area contributed by atoms with E-state index in [4.69, 9.17) is 4.74 Å². The van der Waals surface area contributed by atoms with E-state index in [9.17, 15) is 0 Å². The molecule has 24 heavy (non-hydrogen) atoms. The van der Waals surface area contributed by atoms with E-state index in [-0.39, 0.29) is 0 Å². The average molecular weight is 386 g/mol. The van der Waals surface area contributed by atoms with E-state index in [0.717, 1.165) is 21.5 Å². The summed E-state index contributed by atoms with van der Waals surface area (Å²) in [5.74, 6) is 1.93. The number of anilines is 3. The van der Waals surface area contributed by atoms with Gasteiger partial charge >= 0.3 is 0 Å². The molecule has 0 unspecified atom stereocenters. The zero-order chi connectivity index (χ0) is 16.8. The predicted molar refractivity (Wildman–Crippen MR) is 97.6 cm³/mol. The third-order valence-corrected chi connectivity index (χ3v) is 3.77. The van der Waals surface area contributed by atoms with E-state index in [1.165, 1.54) is 0 Å². The summed E-state index contributed by atoms with van der Waals surface area (Å²) in [7, 11) is 1.65. The fourth-order valence-electron chi connectivity index (χ4n) is 2.07. The van der Waals surface area contributed by atoms with Crippen LogP contribution in [0.25, 0.3) is 0 Å². The van der Waals surface area contributed by atoms with Gasteiger partial charge in [0.1, 0.15) is 5.75 Å².